The first-order chi connectivity index (χ1) is 18.0. The van der Waals surface area contributed by atoms with E-state index in [-0.39, 0.29) is 13.0 Å². The lowest BCUT2D eigenvalue weighted by molar-refractivity contribution is -0.154. The predicted molar refractivity (Wildman–Crippen MR) is 143 cm³/mol. The summed E-state index contributed by atoms with van der Waals surface area (Å²) in [7, 11) is 0. The number of benzene rings is 4. The quantitative estimate of drug-likeness (QED) is 0.256. The molecule has 184 valence electrons. The van der Waals surface area contributed by atoms with Crippen molar-refractivity contribution in [1.29, 1.82) is 0 Å². The maximum Gasteiger partial charge on any atom is 0.338 e. The molecule has 1 N–H and O–H groups in total. The molecule has 37 heavy (non-hydrogen) atoms. The second kappa shape index (κ2) is 10.6. The van der Waals surface area contributed by atoms with Crippen LogP contribution < -0.4 is 0 Å². The van der Waals surface area contributed by atoms with Crippen LogP contribution in [0.3, 0.4) is 0 Å². The summed E-state index contributed by atoms with van der Waals surface area (Å²) in [5.41, 5.74) is 4.57. The Kier molecular flexibility index (Phi) is 6.97. The van der Waals surface area contributed by atoms with Crippen molar-refractivity contribution in [3.8, 4) is 22.3 Å². The van der Waals surface area contributed by atoms with Gasteiger partial charge in [-0.3, -0.25) is 0 Å². The second-order valence-corrected chi connectivity index (χ2v) is 9.08. The van der Waals surface area contributed by atoms with Gasteiger partial charge in [-0.15, -0.1) is 0 Å². The molecule has 0 spiro atoms. The highest BCUT2D eigenvalue weighted by atomic mass is 16.6. The summed E-state index contributed by atoms with van der Waals surface area (Å²) in [6.07, 6.45) is 1.89. The zero-order valence-corrected chi connectivity index (χ0v) is 20.2. The Hall–Kier alpha value is -4.48. The Morgan fingerprint density at radius 2 is 1.30 bits per heavy atom. The third-order valence-electron chi connectivity index (χ3n) is 6.42. The number of carbonyl (C=O) groups excluding carboxylic acids is 2. The topological polar surface area (TPSA) is 72.8 Å². The van der Waals surface area contributed by atoms with Gasteiger partial charge in [0.15, 0.2) is 5.60 Å². The Morgan fingerprint density at radius 1 is 0.784 bits per heavy atom. The van der Waals surface area contributed by atoms with Crippen LogP contribution in [0, 0.1) is 0 Å². The van der Waals surface area contributed by atoms with Gasteiger partial charge < -0.3 is 14.6 Å². The predicted octanol–water partition coefficient (Wildman–Crippen LogP) is 5.94. The Bertz CT molecular complexity index is 1410. The minimum atomic E-state index is -1.30. The Balaban J connectivity index is 1.24. The van der Waals surface area contributed by atoms with E-state index < -0.39 is 24.1 Å². The molecule has 0 aliphatic carbocycles. The van der Waals surface area contributed by atoms with E-state index in [1.165, 1.54) is 0 Å². The molecule has 0 saturated carbocycles. The Morgan fingerprint density at radius 3 is 1.84 bits per heavy atom. The fraction of sp³-hybridized carbons (Fsp3) is 0.125. The first-order valence-corrected chi connectivity index (χ1v) is 12.1. The average Bonchev–Trinajstić information content (AvgIpc) is 3.28. The number of cyclic esters (lactones) is 1. The number of aliphatic hydroxyl groups excluding tert-OH is 1. The van der Waals surface area contributed by atoms with Crippen LogP contribution in [0.1, 0.15) is 22.3 Å². The zero-order chi connectivity index (χ0) is 25.7. The molecule has 1 saturated heterocycles. The van der Waals surface area contributed by atoms with Crippen LogP contribution >= 0.6 is 0 Å². The van der Waals surface area contributed by atoms with Crippen LogP contribution in [-0.2, 0) is 14.3 Å². The molecule has 1 aliphatic rings. The van der Waals surface area contributed by atoms with Gasteiger partial charge in [0, 0.05) is 12.0 Å². The number of ether oxygens (including phenoxy) is 2. The largest absolute Gasteiger partial charge is 0.458 e. The van der Waals surface area contributed by atoms with E-state index in [2.05, 4.69) is 0 Å². The number of aliphatic hydroxyl groups is 1. The highest BCUT2D eigenvalue weighted by Gasteiger charge is 2.44. The van der Waals surface area contributed by atoms with Gasteiger partial charge >= 0.3 is 11.9 Å². The highest BCUT2D eigenvalue weighted by molar-refractivity contribution is 5.96. The SMILES string of the molecule is O=C1OC(CO)(COC(=O)c2ccc(-c3ccccc3)cc2)C/C1=C/c1ccc(-c2ccccc2)cc1. The third-order valence-corrected chi connectivity index (χ3v) is 6.42. The summed E-state index contributed by atoms with van der Waals surface area (Å²) in [5, 5.41) is 10.0. The Labute approximate surface area is 215 Å². The van der Waals surface area contributed by atoms with E-state index in [0.29, 0.717) is 11.1 Å². The molecule has 1 heterocycles. The van der Waals surface area contributed by atoms with Crippen molar-refractivity contribution < 1.29 is 24.2 Å². The summed E-state index contributed by atoms with van der Waals surface area (Å²) in [6.45, 7) is -0.692. The fourth-order valence-electron chi connectivity index (χ4n) is 4.36. The number of carbonyl (C=O) groups is 2. The van der Waals surface area contributed by atoms with Crippen molar-refractivity contribution in [2.45, 2.75) is 12.0 Å². The molecular formula is C32H26O5. The maximum atomic E-state index is 12.7. The van der Waals surface area contributed by atoms with Crippen LogP contribution in [0.2, 0.25) is 0 Å². The van der Waals surface area contributed by atoms with Crippen LogP contribution in [0.5, 0.6) is 0 Å². The monoisotopic (exact) mass is 490 g/mol. The van der Waals surface area contributed by atoms with E-state index in [0.717, 1.165) is 27.8 Å². The van der Waals surface area contributed by atoms with Gasteiger partial charge in [-0.1, -0.05) is 97.1 Å². The van der Waals surface area contributed by atoms with Gasteiger partial charge in [0.25, 0.3) is 0 Å². The number of hydrogen-bond acceptors (Lipinski definition) is 5. The summed E-state index contributed by atoms with van der Waals surface area (Å²) < 4.78 is 11.0. The van der Waals surface area contributed by atoms with E-state index in [4.69, 9.17) is 9.47 Å². The fourth-order valence-corrected chi connectivity index (χ4v) is 4.36. The van der Waals surface area contributed by atoms with Crippen molar-refractivity contribution in [3.05, 3.63) is 126 Å². The molecule has 1 aliphatic heterocycles. The van der Waals surface area contributed by atoms with Gasteiger partial charge in [0.05, 0.1) is 12.2 Å². The van der Waals surface area contributed by atoms with E-state index >= 15 is 0 Å². The van der Waals surface area contributed by atoms with Gasteiger partial charge in [-0.2, -0.15) is 0 Å². The van der Waals surface area contributed by atoms with Crippen molar-refractivity contribution in [2.75, 3.05) is 13.2 Å². The molecule has 1 fully saturated rings. The number of esters is 2. The van der Waals surface area contributed by atoms with Gasteiger partial charge in [-0.05, 0) is 46.0 Å². The van der Waals surface area contributed by atoms with Gasteiger partial charge in [-0.25, -0.2) is 9.59 Å². The number of rotatable bonds is 7. The molecule has 5 nitrogen and oxygen atoms in total. The molecule has 4 aromatic rings. The summed E-state index contributed by atoms with van der Waals surface area (Å²) in [6, 6.07) is 34.8. The molecule has 0 aromatic heterocycles. The van der Waals surface area contributed by atoms with Crippen molar-refractivity contribution in [3.63, 3.8) is 0 Å². The van der Waals surface area contributed by atoms with Crippen molar-refractivity contribution >= 4 is 18.0 Å². The normalized spacial score (nSPS) is 18.0. The molecule has 5 rings (SSSR count). The molecular weight excluding hydrogens is 464 g/mol. The van der Waals surface area contributed by atoms with Crippen molar-refractivity contribution in [2.24, 2.45) is 0 Å². The first kappa shape index (κ1) is 24.2. The van der Waals surface area contributed by atoms with E-state index in [1.807, 2.05) is 97.1 Å². The lowest BCUT2D eigenvalue weighted by Gasteiger charge is -2.24. The molecule has 0 radical (unpaired) electrons. The van der Waals surface area contributed by atoms with Crippen LogP contribution in [0.25, 0.3) is 28.3 Å². The maximum absolute atomic E-state index is 12.7. The van der Waals surface area contributed by atoms with Crippen molar-refractivity contribution in [1.82, 2.24) is 0 Å². The standard InChI is InChI=1S/C32H26O5/c33-21-32(22-36-30(34)28-17-15-27(16-18-28)25-9-5-2-6-10-25)20-29(31(35)37-32)19-23-11-13-26(14-12-23)24-7-3-1-4-8-24/h1-19,33H,20-22H2/b29-19-. The average molecular weight is 491 g/mol. The summed E-state index contributed by atoms with van der Waals surface area (Å²) in [4.78, 5) is 25.2. The molecule has 0 amide bonds. The number of hydrogen-bond donors (Lipinski definition) is 1. The van der Waals surface area contributed by atoms with Gasteiger partial charge in [0.1, 0.15) is 6.61 Å². The smallest absolute Gasteiger partial charge is 0.338 e. The second-order valence-electron chi connectivity index (χ2n) is 9.08. The molecule has 1 unspecified atom stereocenters. The molecule has 0 bridgehead atoms. The van der Waals surface area contributed by atoms with Crippen LogP contribution in [0.4, 0.5) is 0 Å². The van der Waals surface area contributed by atoms with Crippen LogP contribution in [0.15, 0.2) is 115 Å². The third kappa shape index (κ3) is 5.52. The van der Waals surface area contributed by atoms with Gasteiger partial charge in [0.2, 0.25) is 0 Å². The minimum Gasteiger partial charge on any atom is -0.458 e. The lowest BCUT2D eigenvalue weighted by Crippen LogP contribution is -2.39. The molecule has 5 heteroatoms. The molecule has 4 aromatic carbocycles. The van der Waals surface area contributed by atoms with E-state index in [9.17, 15) is 14.7 Å². The van der Waals surface area contributed by atoms with Crippen LogP contribution in [-0.4, -0.2) is 35.9 Å². The highest BCUT2D eigenvalue weighted by Crippen LogP contribution is 2.33. The minimum absolute atomic E-state index is 0.142. The summed E-state index contributed by atoms with van der Waals surface area (Å²) in [5.74, 6) is -1.07. The molecule has 1 atom stereocenters. The van der Waals surface area contributed by atoms with E-state index in [1.54, 1.807) is 18.2 Å². The zero-order valence-electron chi connectivity index (χ0n) is 20.2. The lowest BCUT2D eigenvalue weighted by atomic mass is 9.97. The first-order valence-electron chi connectivity index (χ1n) is 12.1. The summed E-state index contributed by atoms with van der Waals surface area (Å²) >= 11 is 0.